The fourth-order valence-corrected chi connectivity index (χ4v) is 2.21. The molecule has 92 valence electrons. The van der Waals surface area contributed by atoms with Crippen LogP contribution >= 0.6 is 0 Å². The molecule has 2 N–H and O–H groups in total. The molecule has 0 radical (unpaired) electrons. The first kappa shape index (κ1) is 11.6. The van der Waals surface area contributed by atoms with E-state index in [-0.39, 0.29) is 11.8 Å². The minimum absolute atomic E-state index is 0.249. The fourth-order valence-electron chi connectivity index (χ4n) is 2.21. The summed E-state index contributed by atoms with van der Waals surface area (Å²) in [6.07, 6.45) is 0. The number of aromatic nitrogens is 1. The summed E-state index contributed by atoms with van der Waals surface area (Å²) in [5, 5.41) is 15.1. The second kappa shape index (κ2) is 3.58. The number of carboxylic acids is 1. The Morgan fingerprint density at radius 2 is 2.12 bits per heavy atom. The van der Waals surface area contributed by atoms with E-state index in [4.69, 9.17) is 9.63 Å². The molecule has 17 heavy (non-hydrogen) atoms. The molecular formula is C11H14N2O4. The molecule has 0 bridgehead atoms. The van der Waals surface area contributed by atoms with Crippen LogP contribution in [0.3, 0.4) is 0 Å². The summed E-state index contributed by atoms with van der Waals surface area (Å²) < 4.78 is 4.85. The number of carbonyl (C=O) groups is 2. The van der Waals surface area contributed by atoms with E-state index in [9.17, 15) is 9.59 Å². The summed E-state index contributed by atoms with van der Waals surface area (Å²) in [4.78, 5) is 22.8. The highest BCUT2D eigenvalue weighted by molar-refractivity contribution is 5.98. The van der Waals surface area contributed by atoms with Gasteiger partial charge in [-0.05, 0) is 12.3 Å². The van der Waals surface area contributed by atoms with Gasteiger partial charge in [-0.2, -0.15) is 0 Å². The molecule has 6 heteroatoms. The first-order valence-electron chi connectivity index (χ1n) is 5.31. The quantitative estimate of drug-likeness (QED) is 0.827. The van der Waals surface area contributed by atoms with Gasteiger partial charge in [0.25, 0.3) is 0 Å². The third-order valence-corrected chi connectivity index (χ3v) is 3.25. The monoisotopic (exact) mass is 238 g/mol. The number of nitrogens with zero attached hydrogens (tertiary/aromatic N) is 1. The minimum Gasteiger partial charge on any atom is -0.481 e. The van der Waals surface area contributed by atoms with Gasteiger partial charge in [-0.15, -0.1) is 0 Å². The number of amides is 1. The normalized spacial score (nSPS) is 25.4. The lowest BCUT2D eigenvalue weighted by molar-refractivity contribution is -0.140. The topological polar surface area (TPSA) is 92.4 Å². The smallest absolute Gasteiger partial charge is 0.307 e. The Labute approximate surface area is 98.0 Å². The number of rotatable bonds is 3. The average Bonchev–Trinajstić information content (AvgIpc) is 2.54. The van der Waals surface area contributed by atoms with Crippen molar-refractivity contribution in [3.8, 4) is 0 Å². The highest BCUT2D eigenvalue weighted by atomic mass is 16.5. The molecule has 0 saturated heterocycles. The van der Waals surface area contributed by atoms with E-state index in [1.54, 1.807) is 26.8 Å². The van der Waals surface area contributed by atoms with E-state index >= 15 is 0 Å². The number of carboxylic acid groups (broad SMARTS) is 1. The fraction of sp³-hybridized carbons (Fsp3) is 0.545. The van der Waals surface area contributed by atoms with Crippen LogP contribution in [0.5, 0.6) is 0 Å². The van der Waals surface area contributed by atoms with Crippen LogP contribution in [0.4, 0.5) is 5.88 Å². The SMILES string of the molecule is Cc1cc(NC(=O)C2C(C(=O)O)C2(C)C)on1. The van der Waals surface area contributed by atoms with Crippen LogP contribution in [-0.4, -0.2) is 22.1 Å². The number of anilines is 1. The van der Waals surface area contributed by atoms with Crippen LogP contribution in [-0.2, 0) is 9.59 Å². The van der Waals surface area contributed by atoms with Gasteiger partial charge >= 0.3 is 5.97 Å². The summed E-state index contributed by atoms with van der Waals surface area (Å²) in [6.45, 7) is 5.27. The van der Waals surface area contributed by atoms with Crippen molar-refractivity contribution in [2.75, 3.05) is 5.32 Å². The highest BCUT2D eigenvalue weighted by Crippen LogP contribution is 2.58. The molecular weight excluding hydrogens is 224 g/mol. The van der Waals surface area contributed by atoms with Crippen LogP contribution in [0, 0.1) is 24.2 Å². The average molecular weight is 238 g/mol. The van der Waals surface area contributed by atoms with Crippen molar-refractivity contribution in [3.63, 3.8) is 0 Å². The molecule has 1 aromatic heterocycles. The second-order valence-electron chi connectivity index (χ2n) is 4.94. The van der Waals surface area contributed by atoms with Gasteiger partial charge in [0.15, 0.2) is 0 Å². The van der Waals surface area contributed by atoms with Crippen molar-refractivity contribution in [1.82, 2.24) is 5.16 Å². The lowest BCUT2D eigenvalue weighted by Gasteiger charge is -2.01. The van der Waals surface area contributed by atoms with E-state index in [1.807, 2.05) is 0 Å². The van der Waals surface area contributed by atoms with Crippen molar-refractivity contribution in [3.05, 3.63) is 11.8 Å². The Morgan fingerprint density at radius 3 is 2.53 bits per heavy atom. The van der Waals surface area contributed by atoms with Gasteiger partial charge in [0.05, 0.1) is 17.5 Å². The maximum Gasteiger partial charge on any atom is 0.307 e. The van der Waals surface area contributed by atoms with E-state index < -0.39 is 23.2 Å². The third-order valence-electron chi connectivity index (χ3n) is 3.25. The highest BCUT2D eigenvalue weighted by Gasteiger charge is 2.66. The van der Waals surface area contributed by atoms with Crippen LogP contribution in [0.15, 0.2) is 10.6 Å². The van der Waals surface area contributed by atoms with Gasteiger partial charge in [-0.25, -0.2) is 0 Å². The van der Waals surface area contributed by atoms with E-state index in [0.717, 1.165) is 0 Å². The van der Waals surface area contributed by atoms with Crippen LogP contribution in [0.2, 0.25) is 0 Å². The molecule has 1 aliphatic carbocycles. The van der Waals surface area contributed by atoms with Crippen molar-refractivity contribution >= 4 is 17.8 Å². The molecule has 1 saturated carbocycles. The molecule has 1 heterocycles. The maximum absolute atomic E-state index is 11.9. The van der Waals surface area contributed by atoms with Crippen molar-refractivity contribution in [2.45, 2.75) is 20.8 Å². The maximum atomic E-state index is 11.9. The molecule has 0 aliphatic heterocycles. The van der Waals surface area contributed by atoms with Gasteiger partial charge in [0.2, 0.25) is 11.8 Å². The van der Waals surface area contributed by atoms with Gasteiger partial charge in [0.1, 0.15) is 0 Å². The Balaban J connectivity index is 2.05. The lowest BCUT2D eigenvalue weighted by atomic mass is 10.1. The summed E-state index contributed by atoms with van der Waals surface area (Å²) in [6, 6.07) is 1.59. The predicted molar refractivity (Wildman–Crippen MR) is 58.3 cm³/mol. The zero-order valence-electron chi connectivity index (χ0n) is 9.85. The molecule has 1 aromatic rings. The van der Waals surface area contributed by atoms with Crippen LogP contribution < -0.4 is 5.32 Å². The zero-order chi connectivity index (χ0) is 12.8. The molecule has 0 spiro atoms. The predicted octanol–water partition coefficient (Wildman–Crippen LogP) is 1.28. The Hall–Kier alpha value is -1.85. The Morgan fingerprint density at radius 1 is 1.47 bits per heavy atom. The van der Waals surface area contributed by atoms with Gasteiger partial charge in [0, 0.05) is 6.07 Å². The Bertz CT molecular complexity index is 478. The molecule has 1 amide bonds. The number of nitrogens with one attached hydrogen (secondary N) is 1. The summed E-state index contributed by atoms with van der Waals surface area (Å²) >= 11 is 0. The summed E-state index contributed by atoms with van der Waals surface area (Å²) in [5.74, 6) is -2.18. The zero-order valence-corrected chi connectivity index (χ0v) is 9.85. The number of carbonyl (C=O) groups excluding carboxylic acids is 1. The third kappa shape index (κ3) is 1.90. The molecule has 2 rings (SSSR count). The molecule has 2 atom stereocenters. The summed E-state index contributed by atoms with van der Waals surface area (Å²) in [5.41, 5.74) is 0.149. The first-order chi connectivity index (χ1) is 7.84. The van der Waals surface area contributed by atoms with E-state index in [1.165, 1.54) is 0 Å². The van der Waals surface area contributed by atoms with Crippen LogP contribution in [0.1, 0.15) is 19.5 Å². The standard InChI is InChI=1S/C11H14N2O4/c1-5-4-6(17-13-5)12-9(14)7-8(10(15)16)11(7,2)3/h4,7-8H,1-3H3,(H,12,14)(H,15,16). The number of hydrogen-bond acceptors (Lipinski definition) is 4. The van der Waals surface area contributed by atoms with Gasteiger partial charge in [-0.1, -0.05) is 19.0 Å². The van der Waals surface area contributed by atoms with E-state index in [2.05, 4.69) is 10.5 Å². The molecule has 1 fully saturated rings. The largest absolute Gasteiger partial charge is 0.481 e. The summed E-state index contributed by atoms with van der Waals surface area (Å²) in [7, 11) is 0. The van der Waals surface area contributed by atoms with Crippen LogP contribution in [0.25, 0.3) is 0 Å². The van der Waals surface area contributed by atoms with Crippen molar-refractivity contribution < 1.29 is 19.2 Å². The molecule has 1 aliphatic rings. The number of hydrogen-bond donors (Lipinski definition) is 2. The lowest BCUT2D eigenvalue weighted by Crippen LogP contribution is -2.17. The number of aryl methyl sites for hydroxylation is 1. The van der Waals surface area contributed by atoms with Gasteiger partial charge in [-0.3, -0.25) is 14.9 Å². The Kier molecular flexibility index (Phi) is 2.45. The first-order valence-corrected chi connectivity index (χ1v) is 5.31. The van der Waals surface area contributed by atoms with Gasteiger partial charge < -0.3 is 9.63 Å². The number of aliphatic carboxylic acids is 1. The van der Waals surface area contributed by atoms with Crippen molar-refractivity contribution in [1.29, 1.82) is 0 Å². The van der Waals surface area contributed by atoms with Crippen molar-refractivity contribution in [2.24, 2.45) is 17.3 Å². The second-order valence-corrected chi connectivity index (χ2v) is 4.94. The molecule has 0 aromatic carbocycles. The minimum atomic E-state index is -0.941. The molecule has 2 unspecified atom stereocenters. The molecule has 6 nitrogen and oxygen atoms in total. The van der Waals surface area contributed by atoms with E-state index in [0.29, 0.717) is 5.69 Å².